The molecule has 1 aromatic heterocycles. The van der Waals surface area contributed by atoms with Crippen LogP contribution in [-0.4, -0.2) is 16.8 Å². The minimum atomic E-state index is -0.165. The van der Waals surface area contributed by atoms with Gasteiger partial charge in [-0.2, -0.15) is 0 Å². The van der Waals surface area contributed by atoms with Gasteiger partial charge in [0.1, 0.15) is 0 Å². The van der Waals surface area contributed by atoms with Gasteiger partial charge in [0.2, 0.25) is 11.8 Å². The molecule has 2 aromatic carbocycles. The Morgan fingerprint density at radius 2 is 1.74 bits per heavy atom. The van der Waals surface area contributed by atoms with Crippen LogP contribution in [0.25, 0.3) is 0 Å². The summed E-state index contributed by atoms with van der Waals surface area (Å²) < 4.78 is 0. The Hall–Kier alpha value is -2.90. The first-order valence-electron chi connectivity index (χ1n) is 8.12. The van der Waals surface area contributed by atoms with E-state index in [4.69, 9.17) is 11.6 Å². The Kier molecular flexibility index (Phi) is 6.05. The predicted molar refractivity (Wildman–Crippen MR) is 110 cm³/mol. The molecule has 8 heteroatoms. The normalized spacial score (nSPS) is 10.3. The number of hydrogen-bond acceptors (Lipinski definition) is 5. The van der Waals surface area contributed by atoms with Crippen molar-refractivity contribution in [3.8, 4) is 0 Å². The number of aromatic nitrogens is 1. The van der Waals surface area contributed by atoms with Crippen LogP contribution in [0, 0.1) is 0 Å². The van der Waals surface area contributed by atoms with Crippen molar-refractivity contribution in [2.75, 3.05) is 16.0 Å². The van der Waals surface area contributed by atoms with Crippen molar-refractivity contribution in [1.82, 2.24) is 4.98 Å². The number of anilines is 4. The molecule has 0 spiro atoms. The summed E-state index contributed by atoms with van der Waals surface area (Å²) >= 11 is 7.39. The lowest BCUT2D eigenvalue weighted by atomic mass is 10.2. The summed E-state index contributed by atoms with van der Waals surface area (Å²) in [6.07, 6.45) is 0.168. The second-order valence-electron chi connectivity index (χ2n) is 5.76. The van der Waals surface area contributed by atoms with Gasteiger partial charge in [0.15, 0.2) is 5.13 Å². The third-order valence-corrected chi connectivity index (χ3v) is 4.50. The molecule has 0 aliphatic rings. The fraction of sp³-hybridized carbons (Fsp3) is 0.105. The first-order valence-corrected chi connectivity index (χ1v) is 9.38. The average molecular weight is 401 g/mol. The topological polar surface area (TPSA) is 83.1 Å². The highest BCUT2D eigenvalue weighted by molar-refractivity contribution is 7.13. The number of amides is 2. The highest BCUT2D eigenvalue weighted by atomic mass is 35.5. The molecule has 138 valence electrons. The molecule has 0 unspecified atom stereocenters. The van der Waals surface area contributed by atoms with Crippen LogP contribution in [0.1, 0.15) is 12.6 Å². The van der Waals surface area contributed by atoms with Crippen molar-refractivity contribution < 1.29 is 9.59 Å². The number of rotatable bonds is 6. The van der Waals surface area contributed by atoms with E-state index >= 15 is 0 Å². The van der Waals surface area contributed by atoms with Crippen LogP contribution in [0.15, 0.2) is 53.9 Å². The number of halogens is 1. The SMILES string of the molecule is CC(=O)Nc1ccc(NC(=O)Cc2csc(Nc3cccc(Cl)c3)n2)cc1. The molecule has 2 amide bonds. The maximum Gasteiger partial charge on any atom is 0.230 e. The minimum absolute atomic E-state index is 0.141. The first-order chi connectivity index (χ1) is 13.0. The van der Waals surface area contributed by atoms with E-state index < -0.39 is 0 Å². The largest absolute Gasteiger partial charge is 0.331 e. The molecule has 0 atom stereocenters. The molecule has 0 aliphatic carbocycles. The molecule has 3 aromatic rings. The molecule has 0 bridgehead atoms. The summed E-state index contributed by atoms with van der Waals surface area (Å²) in [4.78, 5) is 27.6. The van der Waals surface area contributed by atoms with Crippen molar-refractivity contribution in [3.05, 3.63) is 64.6 Å². The molecule has 0 aliphatic heterocycles. The number of nitrogens with zero attached hydrogens (tertiary/aromatic N) is 1. The predicted octanol–water partition coefficient (Wildman–Crippen LogP) is 4.68. The van der Waals surface area contributed by atoms with Crippen LogP contribution in [0.2, 0.25) is 5.02 Å². The van der Waals surface area contributed by atoms with Gasteiger partial charge in [-0.15, -0.1) is 11.3 Å². The van der Waals surface area contributed by atoms with Gasteiger partial charge in [-0.3, -0.25) is 9.59 Å². The van der Waals surface area contributed by atoms with Crippen molar-refractivity contribution in [3.63, 3.8) is 0 Å². The molecule has 0 fully saturated rings. The number of thiazole rings is 1. The zero-order valence-electron chi connectivity index (χ0n) is 14.5. The maximum absolute atomic E-state index is 12.2. The van der Waals surface area contributed by atoms with E-state index in [2.05, 4.69) is 20.9 Å². The standard InChI is InChI=1S/C19H17ClN4O2S/c1-12(25)21-14-5-7-15(8-6-14)22-18(26)10-17-11-27-19(24-17)23-16-4-2-3-13(20)9-16/h2-9,11H,10H2,1H3,(H,21,25)(H,22,26)(H,23,24). The van der Waals surface area contributed by atoms with Gasteiger partial charge in [-0.1, -0.05) is 17.7 Å². The van der Waals surface area contributed by atoms with Crippen molar-refractivity contribution in [2.45, 2.75) is 13.3 Å². The highest BCUT2D eigenvalue weighted by Crippen LogP contribution is 2.23. The molecule has 3 rings (SSSR count). The number of benzene rings is 2. The maximum atomic E-state index is 12.2. The fourth-order valence-electron chi connectivity index (χ4n) is 2.35. The minimum Gasteiger partial charge on any atom is -0.331 e. The van der Waals surface area contributed by atoms with E-state index in [0.717, 1.165) is 5.69 Å². The lowest BCUT2D eigenvalue weighted by Crippen LogP contribution is -2.14. The number of carbonyl (C=O) groups is 2. The van der Waals surface area contributed by atoms with E-state index in [1.807, 2.05) is 17.5 Å². The number of nitrogens with one attached hydrogen (secondary N) is 3. The van der Waals surface area contributed by atoms with Crippen LogP contribution >= 0.6 is 22.9 Å². The zero-order chi connectivity index (χ0) is 19.2. The van der Waals surface area contributed by atoms with Crippen LogP contribution in [-0.2, 0) is 16.0 Å². The first kappa shape index (κ1) is 18.9. The molecule has 27 heavy (non-hydrogen) atoms. The lowest BCUT2D eigenvalue weighted by molar-refractivity contribution is -0.116. The Bertz CT molecular complexity index is 956. The van der Waals surface area contributed by atoms with Gasteiger partial charge in [0, 0.05) is 34.4 Å². The van der Waals surface area contributed by atoms with E-state index in [1.165, 1.54) is 18.3 Å². The van der Waals surface area contributed by atoms with Gasteiger partial charge in [-0.05, 0) is 42.5 Å². The number of carbonyl (C=O) groups excluding carboxylic acids is 2. The Balaban J connectivity index is 1.55. The third-order valence-electron chi connectivity index (χ3n) is 3.46. The molecule has 1 heterocycles. The van der Waals surface area contributed by atoms with Crippen molar-refractivity contribution >= 4 is 56.9 Å². The van der Waals surface area contributed by atoms with Gasteiger partial charge < -0.3 is 16.0 Å². The van der Waals surface area contributed by atoms with Gasteiger partial charge in [0.05, 0.1) is 12.1 Å². The summed E-state index contributed by atoms with van der Waals surface area (Å²) in [5.74, 6) is -0.306. The van der Waals surface area contributed by atoms with E-state index in [0.29, 0.717) is 27.2 Å². The smallest absolute Gasteiger partial charge is 0.230 e. The Labute approximate surface area is 165 Å². The van der Waals surface area contributed by atoms with Gasteiger partial charge >= 0.3 is 0 Å². The summed E-state index contributed by atoms with van der Waals surface area (Å²) in [6, 6.07) is 14.3. The molecule has 0 saturated carbocycles. The summed E-state index contributed by atoms with van der Waals surface area (Å²) in [5, 5.41) is 11.8. The molecular weight excluding hydrogens is 384 g/mol. The van der Waals surface area contributed by atoms with Crippen LogP contribution in [0.4, 0.5) is 22.2 Å². The second-order valence-corrected chi connectivity index (χ2v) is 7.06. The highest BCUT2D eigenvalue weighted by Gasteiger charge is 2.09. The third kappa shape index (κ3) is 5.80. The second kappa shape index (κ2) is 8.66. The fourth-order valence-corrected chi connectivity index (χ4v) is 3.27. The molecule has 6 nitrogen and oxygen atoms in total. The van der Waals surface area contributed by atoms with Gasteiger partial charge in [0.25, 0.3) is 0 Å². The molecular formula is C19H17ClN4O2S. The van der Waals surface area contributed by atoms with Crippen LogP contribution < -0.4 is 16.0 Å². The Morgan fingerprint density at radius 3 is 2.41 bits per heavy atom. The van der Waals surface area contributed by atoms with Crippen LogP contribution in [0.3, 0.4) is 0 Å². The molecule has 3 N–H and O–H groups in total. The zero-order valence-corrected chi connectivity index (χ0v) is 16.0. The van der Waals surface area contributed by atoms with E-state index in [9.17, 15) is 9.59 Å². The molecule has 0 radical (unpaired) electrons. The number of hydrogen-bond donors (Lipinski definition) is 3. The Morgan fingerprint density at radius 1 is 1.04 bits per heavy atom. The van der Waals surface area contributed by atoms with E-state index in [-0.39, 0.29) is 18.2 Å². The van der Waals surface area contributed by atoms with Crippen molar-refractivity contribution in [1.29, 1.82) is 0 Å². The summed E-state index contributed by atoms with van der Waals surface area (Å²) in [7, 11) is 0. The lowest BCUT2D eigenvalue weighted by Gasteiger charge is -2.06. The van der Waals surface area contributed by atoms with E-state index in [1.54, 1.807) is 36.4 Å². The summed E-state index contributed by atoms with van der Waals surface area (Å²) in [5.41, 5.74) is 2.85. The molecule has 0 saturated heterocycles. The monoisotopic (exact) mass is 400 g/mol. The summed E-state index contributed by atoms with van der Waals surface area (Å²) in [6.45, 7) is 1.44. The average Bonchev–Trinajstić information content (AvgIpc) is 3.03. The van der Waals surface area contributed by atoms with Crippen LogP contribution in [0.5, 0.6) is 0 Å². The van der Waals surface area contributed by atoms with Crippen molar-refractivity contribution in [2.24, 2.45) is 0 Å². The quantitative estimate of drug-likeness (QED) is 0.561. The van der Waals surface area contributed by atoms with Gasteiger partial charge in [-0.25, -0.2) is 4.98 Å².